The van der Waals surface area contributed by atoms with E-state index in [0.717, 1.165) is 19.1 Å². The van der Waals surface area contributed by atoms with Crippen LogP contribution < -0.4 is 0 Å². The highest BCUT2D eigenvalue weighted by Gasteiger charge is 2.27. The van der Waals surface area contributed by atoms with E-state index in [9.17, 15) is 0 Å². The Morgan fingerprint density at radius 2 is 1.22 bits per heavy atom. The van der Waals surface area contributed by atoms with Crippen molar-refractivity contribution in [1.82, 2.24) is 14.7 Å². The van der Waals surface area contributed by atoms with Gasteiger partial charge in [-0.3, -0.25) is 14.7 Å². The van der Waals surface area contributed by atoms with Crippen LogP contribution in [0.4, 0.5) is 0 Å². The minimum absolute atomic E-state index is 0.790. The first-order valence-corrected chi connectivity index (χ1v) is 10.5. The van der Waals surface area contributed by atoms with Crippen LogP contribution in [0.1, 0.15) is 29.5 Å². The molecule has 4 rings (SSSR count). The molecule has 0 unspecified atom stereocenters. The largest absolute Gasteiger partial charge is 0.299 e. The standard InChI is InChI=1S/C24H33N3/c1-21-7-9-23(10-8-21)20-26-15-17-27(18-16-26)24-11-13-25(14-12-24)19-22-5-3-2-4-6-22/h2-10,24H,11-20H2,1H3. The molecule has 0 spiro atoms. The van der Waals surface area contributed by atoms with Gasteiger partial charge in [0.1, 0.15) is 0 Å². The Morgan fingerprint density at radius 1 is 0.667 bits per heavy atom. The predicted molar refractivity (Wildman–Crippen MR) is 113 cm³/mol. The molecule has 0 radical (unpaired) electrons. The molecular weight excluding hydrogens is 330 g/mol. The number of rotatable bonds is 5. The number of benzene rings is 2. The number of nitrogens with zero attached hydrogens (tertiary/aromatic N) is 3. The number of hydrogen-bond donors (Lipinski definition) is 0. The highest BCUT2D eigenvalue weighted by atomic mass is 15.3. The van der Waals surface area contributed by atoms with Crippen molar-refractivity contribution in [3.05, 3.63) is 71.3 Å². The number of piperazine rings is 1. The molecule has 27 heavy (non-hydrogen) atoms. The number of aryl methyl sites for hydroxylation is 1. The Kier molecular flexibility index (Phi) is 6.23. The fourth-order valence-corrected chi connectivity index (χ4v) is 4.52. The van der Waals surface area contributed by atoms with Crippen LogP contribution in [-0.2, 0) is 13.1 Å². The van der Waals surface area contributed by atoms with Crippen molar-refractivity contribution in [2.24, 2.45) is 0 Å². The average molecular weight is 364 g/mol. The number of likely N-dealkylation sites (tertiary alicyclic amines) is 1. The molecule has 3 nitrogen and oxygen atoms in total. The second kappa shape index (κ2) is 9.01. The Morgan fingerprint density at radius 3 is 1.85 bits per heavy atom. The summed E-state index contributed by atoms with van der Waals surface area (Å²) in [4.78, 5) is 8.00. The van der Waals surface area contributed by atoms with Gasteiger partial charge in [0.15, 0.2) is 0 Å². The lowest BCUT2D eigenvalue weighted by Gasteiger charge is -2.43. The van der Waals surface area contributed by atoms with Crippen LogP contribution in [-0.4, -0.2) is 60.0 Å². The molecule has 0 aromatic heterocycles. The summed E-state index contributed by atoms with van der Waals surface area (Å²) in [7, 11) is 0. The SMILES string of the molecule is Cc1ccc(CN2CCN(C3CCN(Cc4ccccc4)CC3)CC2)cc1. The Labute approximate surface area is 164 Å². The molecule has 2 aromatic rings. The molecule has 0 amide bonds. The van der Waals surface area contributed by atoms with E-state index in [1.807, 2.05) is 0 Å². The lowest BCUT2D eigenvalue weighted by molar-refractivity contribution is 0.0550. The van der Waals surface area contributed by atoms with Crippen LogP contribution in [0.5, 0.6) is 0 Å². The van der Waals surface area contributed by atoms with Crippen LogP contribution in [0, 0.1) is 6.92 Å². The van der Waals surface area contributed by atoms with Crippen molar-refractivity contribution < 1.29 is 0 Å². The first-order valence-electron chi connectivity index (χ1n) is 10.5. The molecule has 2 heterocycles. The monoisotopic (exact) mass is 363 g/mol. The summed E-state index contributed by atoms with van der Waals surface area (Å²) in [6.45, 7) is 11.7. The fraction of sp³-hybridized carbons (Fsp3) is 0.500. The zero-order valence-corrected chi connectivity index (χ0v) is 16.7. The highest BCUT2D eigenvalue weighted by Crippen LogP contribution is 2.20. The minimum Gasteiger partial charge on any atom is -0.299 e. The van der Waals surface area contributed by atoms with Gasteiger partial charge in [-0.25, -0.2) is 0 Å². The Bertz CT molecular complexity index is 681. The van der Waals surface area contributed by atoms with Gasteiger partial charge in [0.05, 0.1) is 0 Å². The maximum atomic E-state index is 2.76. The topological polar surface area (TPSA) is 9.72 Å². The van der Waals surface area contributed by atoms with Gasteiger partial charge >= 0.3 is 0 Å². The van der Waals surface area contributed by atoms with Crippen LogP contribution in [0.3, 0.4) is 0 Å². The molecule has 0 bridgehead atoms. The van der Waals surface area contributed by atoms with Gasteiger partial charge in [0, 0.05) is 45.3 Å². The second-order valence-electron chi connectivity index (χ2n) is 8.29. The molecular formula is C24H33N3. The van der Waals surface area contributed by atoms with E-state index in [4.69, 9.17) is 0 Å². The smallest absolute Gasteiger partial charge is 0.0234 e. The molecule has 3 heteroatoms. The molecule has 0 aliphatic carbocycles. The van der Waals surface area contributed by atoms with E-state index < -0.39 is 0 Å². The van der Waals surface area contributed by atoms with Gasteiger partial charge in [-0.1, -0.05) is 60.2 Å². The summed E-state index contributed by atoms with van der Waals surface area (Å²) in [5.74, 6) is 0. The lowest BCUT2D eigenvalue weighted by Crippen LogP contribution is -2.52. The maximum absolute atomic E-state index is 2.76. The van der Waals surface area contributed by atoms with Crippen molar-refractivity contribution in [3.63, 3.8) is 0 Å². The van der Waals surface area contributed by atoms with Crippen molar-refractivity contribution in [3.8, 4) is 0 Å². The highest BCUT2D eigenvalue weighted by molar-refractivity contribution is 5.21. The van der Waals surface area contributed by atoms with Crippen LogP contribution >= 0.6 is 0 Å². The third-order valence-electron chi connectivity index (χ3n) is 6.26. The van der Waals surface area contributed by atoms with E-state index in [-0.39, 0.29) is 0 Å². The first kappa shape index (κ1) is 18.7. The number of piperidine rings is 1. The fourth-order valence-electron chi connectivity index (χ4n) is 4.52. The Balaban J connectivity index is 1.20. The first-order chi connectivity index (χ1) is 13.3. The quantitative estimate of drug-likeness (QED) is 0.800. The van der Waals surface area contributed by atoms with Crippen LogP contribution in [0.2, 0.25) is 0 Å². The summed E-state index contributed by atoms with van der Waals surface area (Å²) in [5.41, 5.74) is 4.24. The summed E-state index contributed by atoms with van der Waals surface area (Å²) >= 11 is 0. The summed E-state index contributed by atoms with van der Waals surface area (Å²) in [5, 5.41) is 0. The zero-order valence-electron chi connectivity index (χ0n) is 16.7. The molecule has 2 fully saturated rings. The summed E-state index contributed by atoms with van der Waals surface area (Å²) < 4.78 is 0. The van der Waals surface area contributed by atoms with Crippen molar-refractivity contribution in [1.29, 1.82) is 0 Å². The summed E-state index contributed by atoms with van der Waals surface area (Å²) in [6, 6.07) is 20.7. The lowest BCUT2D eigenvalue weighted by atomic mass is 10.0. The average Bonchev–Trinajstić information content (AvgIpc) is 2.72. The van der Waals surface area contributed by atoms with Gasteiger partial charge in [-0.05, 0) is 44.0 Å². The van der Waals surface area contributed by atoms with Gasteiger partial charge < -0.3 is 0 Å². The van der Waals surface area contributed by atoms with Gasteiger partial charge in [-0.2, -0.15) is 0 Å². The second-order valence-corrected chi connectivity index (χ2v) is 8.29. The third kappa shape index (κ3) is 5.19. The Hall–Kier alpha value is -1.68. The van der Waals surface area contributed by atoms with E-state index in [1.54, 1.807) is 0 Å². The zero-order chi connectivity index (χ0) is 18.5. The number of hydrogen-bond acceptors (Lipinski definition) is 3. The molecule has 0 saturated carbocycles. The summed E-state index contributed by atoms with van der Waals surface area (Å²) in [6.07, 6.45) is 2.65. The van der Waals surface area contributed by atoms with Gasteiger partial charge in [-0.15, -0.1) is 0 Å². The molecule has 2 aliphatic rings. The molecule has 2 aliphatic heterocycles. The third-order valence-corrected chi connectivity index (χ3v) is 6.26. The van der Waals surface area contributed by atoms with E-state index in [2.05, 4.69) is 76.2 Å². The molecule has 2 aromatic carbocycles. The van der Waals surface area contributed by atoms with Crippen molar-refractivity contribution in [2.75, 3.05) is 39.3 Å². The van der Waals surface area contributed by atoms with Crippen LogP contribution in [0.15, 0.2) is 54.6 Å². The van der Waals surface area contributed by atoms with Gasteiger partial charge in [0.2, 0.25) is 0 Å². The molecule has 0 atom stereocenters. The normalized spacial score (nSPS) is 20.8. The minimum atomic E-state index is 0.790. The van der Waals surface area contributed by atoms with Crippen molar-refractivity contribution >= 4 is 0 Å². The molecule has 0 N–H and O–H groups in total. The molecule has 144 valence electrons. The van der Waals surface area contributed by atoms with Crippen LogP contribution in [0.25, 0.3) is 0 Å². The van der Waals surface area contributed by atoms with E-state index in [1.165, 1.54) is 68.8 Å². The maximum Gasteiger partial charge on any atom is 0.0234 e. The van der Waals surface area contributed by atoms with Gasteiger partial charge in [0.25, 0.3) is 0 Å². The van der Waals surface area contributed by atoms with E-state index >= 15 is 0 Å². The van der Waals surface area contributed by atoms with E-state index in [0.29, 0.717) is 0 Å². The van der Waals surface area contributed by atoms with Crippen molar-refractivity contribution in [2.45, 2.75) is 38.9 Å². The molecule has 2 saturated heterocycles. The predicted octanol–water partition coefficient (Wildman–Crippen LogP) is 3.78.